The molecule has 25 heavy (non-hydrogen) atoms. The monoisotopic (exact) mass is 347 g/mol. The number of halogens is 3. The van der Waals surface area contributed by atoms with Gasteiger partial charge in [-0.2, -0.15) is 18.4 Å². The molecular weight excluding hydrogens is 331 g/mol. The van der Waals surface area contributed by atoms with Crippen LogP contribution in [0.25, 0.3) is 0 Å². The molecule has 1 aliphatic rings. The molecule has 2 aromatic rings. The second-order valence-corrected chi connectivity index (χ2v) is 5.83. The summed E-state index contributed by atoms with van der Waals surface area (Å²) in [5.41, 5.74) is 0.101. The number of nitriles is 1. The molecule has 0 aliphatic carbocycles. The summed E-state index contributed by atoms with van der Waals surface area (Å²) in [6.07, 6.45) is -3.88. The topological polar surface area (TPSA) is 57.9 Å². The number of pyridine rings is 1. The Morgan fingerprint density at radius 2 is 1.96 bits per heavy atom. The number of rotatable bonds is 4. The van der Waals surface area contributed by atoms with Crippen molar-refractivity contribution >= 4 is 5.82 Å². The van der Waals surface area contributed by atoms with Gasteiger partial charge in [0, 0.05) is 19.1 Å². The predicted molar refractivity (Wildman–Crippen MR) is 85.7 cm³/mol. The summed E-state index contributed by atoms with van der Waals surface area (Å²) in [6.45, 7) is 0.968. The van der Waals surface area contributed by atoms with Gasteiger partial charge in [0.1, 0.15) is 17.6 Å². The van der Waals surface area contributed by atoms with Crippen LogP contribution in [-0.4, -0.2) is 18.1 Å². The van der Waals surface area contributed by atoms with E-state index in [1.165, 1.54) is 0 Å². The minimum absolute atomic E-state index is 0.0453. The van der Waals surface area contributed by atoms with Crippen molar-refractivity contribution in [3.63, 3.8) is 0 Å². The van der Waals surface area contributed by atoms with Crippen molar-refractivity contribution in [1.82, 2.24) is 4.98 Å². The van der Waals surface area contributed by atoms with E-state index < -0.39 is 11.9 Å². The van der Waals surface area contributed by atoms with Crippen molar-refractivity contribution in [2.24, 2.45) is 5.92 Å². The smallest absolute Gasteiger partial charge is 0.373 e. The van der Waals surface area contributed by atoms with Gasteiger partial charge >= 0.3 is 6.18 Å². The molecule has 0 radical (unpaired) electrons. The highest BCUT2D eigenvalue weighted by atomic mass is 19.4. The number of ether oxygens (including phenoxy) is 1. The summed E-state index contributed by atoms with van der Waals surface area (Å²) in [7, 11) is 0. The molecule has 0 bridgehead atoms. The third-order valence-corrected chi connectivity index (χ3v) is 4.18. The number of benzene rings is 1. The zero-order valence-electron chi connectivity index (χ0n) is 13.3. The SMILES string of the molecule is N#Cc1ccc(C(F)(F)F)nc1NCC1CCOC1c1ccccc1. The Labute approximate surface area is 143 Å². The van der Waals surface area contributed by atoms with Crippen LogP contribution in [-0.2, 0) is 10.9 Å². The number of nitrogens with zero attached hydrogens (tertiary/aromatic N) is 2. The average Bonchev–Trinajstić information content (AvgIpc) is 3.08. The standard InChI is InChI=1S/C18H16F3N3O/c19-18(20,21)15-7-6-13(10-22)17(24-15)23-11-14-8-9-25-16(14)12-4-2-1-3-5-12/h1-7,14,16H,8-9,11H2,(H,23,24). The molecule has 1 aromatic heterocycles. The highest BCUT2D eigenvalue weighted by Gasteiger charge is 2.34. The maximum absolute atomic E-state index is 12.8. The lowest BCUT2D eigenvalue weighted by Gasteiger charge is -2.20. The van der Waals surface area contributed by atoms with Crippen LogP contribution in [0, 0.1) is 17.2 Å². The molecule has 3 rings (SSSR count). The molecule has 1 fully saturated rings. The number of alkyl halides is 3. The van der Waals surface area contributed by atoms with Crippen LogP contribution in [0.1, 0.15) is 29.3 Å². The highest BCUT2D eigenvalue weighted by molar-refractivity contribution is 5.52. The number of aromatic nitrogens is 1. The van der Waals surface area contributed by atoms with Crippen LogP contribution in [0.5, 0.6) is 0 Å². The van der Waals surface area contributed by atoms with Crippen molar-refractivity contribution in [2.75, 3.05) is 18.5 Å². The maximum Gasteiger partial charge on any atom is 0.433 e. The van der Waals surface area contributed by atoms with Crippen molar-refractivity contribution < 1.29 is 17.9 Å². The Balaban J connectivity index is 1.76. The lowest BCUT2D eigenvalue weighted by Crippen LogP contribution is -2.20. The van der Waals surface area contributed by atoms with Gasteiger partial charge in [0.15, 0.2) is 0 Å². The van der Waals surface area contributed by atoms with E-state index >= 15 is 0 Å². The van der Waals surface area contributed by atoms with Crippen molar-refractivity contribution in [1.29, 1.82) is 5.26 Å². The normalized spacial score (nSPS) is 20.2. The summed E-state index contributed by atoms with van der Waals surface area (Å²) >= 11 is 0. The van der Waals surface area contributed by atoms with Gasteiger partial charge in [0.2, 0.25) is 0 Å². The summed E-state index contributed by atoms with van der Waals surface area (Å²) < 4.78 is 44.3. The van der Waals surface area contributed by atoms with E-state index in [2.05, 4.69) is 10.3 Å². The van der Waals surface area contributed by atoms with Crippen molar-refractivity contribution in [3.05, 3.63) is 59.3 Å². The molecule has 7 heteroatoms. The molecule has 130 valence electrons. The van der Waals surface area contributed by atoms with Crippen LogP contribution in [0.2, 0.25) is 0 Å². The molecule has 0 amide bonds. The first-order chi connectivity index (χ1) is 12.0. The van der Waals surface area contributed by atoms with Gasteiger partial charge in [0.05, 0.1) is 11.7 Å². The highest BCUT2D eigenvalue weighted by Crippen LogP contribution is 2.35. The van der Waals surface area contributed by atoms with E-state index in [4.69, 9.17) is 10.00 Å². The Kier molecular flexibility index (Phi) is 4.91. The number of hydrogen-bond acceptors (Lipinski definition) is 4. The molecular formula is C18H16F3N3O. The number of anilines is 1. The minimum atomic E-state index is -4.55. The summed E-state index contributed by atoms with van der Waals surface area (Å²) in [5, 5.41) is 12.0. The van der Waals surface area contributed by atoms with Gasteiger partial charge in [-0.3, -0.25) is 0 Å². The summed E-state index contributed by atoms with van der Waals surface area (Å²) in [4.78, 5) is 3.57. The van der Waals surface area contributed by atoms with Gasteiger partial charge in [0.25, 0.3) is 0 Å². The van der Waals surface area contributed by atoms with Gasteiger partial charge in [-0.1, -0.05) is 30.3 Å². The molecule has 2 unspecified atom stereocenters. The Morgan fingerprint density at radius 3 is 2.64 bits per heavy atom. The van der Waals surface area contributed by atoms with Crippen molar-refractivity contribution in [3.8, 4) is 6.07 Å². The predicted octanol–water partition coefficient (Wildman–Crippen LogP) is 4.16. The molecule has 4 nitrogen and oxygen atoms in total. The Morgan fingerprint density at radius 1 is 1.20 bits per heavy atom. The minimum Gasteiger partial charge on any atom is -0.373 e. The molecule has 1 aromatic carbocycles. The second kappa shape index (κ2) is 7.11. The van der Waals surface area contributed by atoms with Gasteiger partial charge in [-0.15, -0.1) is 0 Å². The van der Waals surface area contributed by atoms with Gasteiger partial charge in [-0.25, -0.2) is 4.98 Å². The first kappa shape index (κ1) is 17.2. The molecule has 1 saturated heterocycles. The summed E-state index contributed by atoms with van der Waals surface area (Å²) in [5.74, 6) is 0.0429. The fourth-order valence-electron chi connectivity index (χ4n) is 2.92. The molecule has 2 heterocycles. The average molecular weight is 347 g/mol. The molecule has 1 aliphatic heterocycles. The van der Waals surface area contributed by atoms with Crippen LogP contribution in [0.4, 0.5) is 19.0 Å². The third kappa shape index (κ3) is 3.91. The van der Waals surface area contributed by atoms with E-state index in [-0.39, 0.29) is 23.4 Å². The molecule has 0 saturated carbocycles. The quantitative estimate of drug-likeness (QED) is 0.902. The fraction of sp³-hybridized carbons (Fsp3) is 0.333. The largest absolute Gasteiger partial charge is 0.433 e. The molecule has 1 N–H and O–H groups in total. The lowest BCUT2D eigenvalue weighted by molar-refractivity contribution is -0.141. The number of hydrogen-bond donors (Lipinski definition) is 1. The van der Waals surface area contributed by atoms with E-state index in [0.717, 1.165) is 24.1 Å². The number of nitrogens with one attached hydrogen (secondary N) is 1. The fourth-order valence-corrected chi connectivity index (χ4v) is 2.92. The van der Waals surface area contributed by atoms with E-state index in [9.17, 15) is 13.2 Å². The van der Waals surface area contributed by atoms with Gasteiger partial charge in [-0.05, 0) is 24.1 Å². The van der Waals surface area contributed by atoms with Crippen molar-refractivity contribution in [2.45, 2.75) is 18.7 Å². The Hall–Kier alpha value is -2.59. The van der Waals surface area contributed by atoms with Crippen LogP contribution in [0.3, 0.4) is 0 Å². The van der Waals surface area contributed by atoms with Gasteiger partial charge < -0.3 is 10.1 Å². The first-order valence-electron chi connectivity index (χ1n) is 7.88. The zero-order chi connectivity index (χ0) is 17.9. The van der Waals surface area contributed by atoms with E-state index in [1.807, 2.05) is 36.4 Å². The lowest BCUT2D eigenvalue weighted by atomic mass is 9.95. The third-order valence-electron chi connectivity index (χ3n) is 4.18. The zero-order valence-corrected chi connectivity index (χ0v) is 13.3. The van der Waals surface area contributed by atoms with Crippen LogP contribution in [0.15, 0.2) is 42.5 Å². The van der Waals surface area contributed by atoms with Crippen LogP contribution >= 0.6 is 0 Å². The molecule has 0 spiro atoms. The first-order valence-corrected chi connectivity index (χ1v) is 7.88. The van der Waals surface area contributed by atoms with Crippen LogP contribution < -0.4 is 5.32 Å². The maximum atomic E-state index is 12.8. The van der Waals surface area contributed by atoms with E-state index in [1.54, 1.807) is 0 Å². The summed E-state index contributed by atoms with van der Waals surface area (Å²) in [6, 6.07) is 13.5. The Bertz CT molecular complexity index is 771. The second-order valence-electron chi connectivity index (χ2n) is 5.83. The molecule has 2 atom stereocenters. The van der Waals surface area contributed by atoms with E-state index in [0.29, 0.717) is 13.2 Å².